The quantitative estimate of drug-likeness (QED) is 0.864. The molecule has 22 heavy (non-hydrogen) atoms. The molecule has 2 atom stereocenters. The molecule has 2 aliphatic heterocycles. The van der Waals surface area contributed by atoms with Crippen LogP contribution in [0, 0.1) is 0 Å². The van der Waals surface area contributed by atoms with Gasteiger partial charge in [-0.2, -0.15) is 0 Å². The number of aromatic nitrogens is 1. The summed E-state index contributed by atoms with van der Waals surface area (Å²) in [5.41, 5.74) is 0.566. The average Bonchev–Trinajstić information content (AvgIpc) is 2.97. The number of likely N-dealkylation sites (tertiary alicyclic amines) is 2. The Hall–Kier alpha value is -1.66. The minimum atomic E-state index is -0.461. The normalized spacial score (nSPS) is 26.2. The summed E-state index contributed by atoms with van der Waals surface area (Å²) in [4.78, 5) is 21.0. The summed E-state index contributed by atoms with van der Waals surface area (Å²) in [6.07, 6.45) is 4.84. The van der Waals surface area contributed by atoms with Gasteiger partial charge < -0.3 is 15.3 Å². The van der Waals surface area contributed by atoms with Crippen LogP contribution in [-0.2, 0) is 0 Å². The van der Waals surface area contributed by atoms with Crippen molar-refractivity contribution < 1.29 is 9.90 Å². The molecule has 0 radical (unpaired) electrons. The minimum absolute atomic E-state index is 0.0593. The van der Waals surface area contributed by atoms with Crippen molar-refractivity contribution in [1.29, 1.82) is 0 Å². The maximum Gasteiger partial charge on any atom is 0.257 e. The zero-order valence-corrected chi connectivity index (χ0v) is 13.0. The second-order valence-electron chi connectivity index (χ2n) is 6.09. The van der Waals surface area contributed by atoms with Gasteiger partial charge in [0.2, 0.25) is 0 Å². The summed E-state index contributed by atoms with van der Waals surface area (Å²) in [5.74, 6) is 0.527. The van der Waals surface area contributed by atoms with Crippen LogP contribution in [0.15, 0.2) is 18.3 Å². The lowest BCUT2D eigenvalue weighted by Gasteiger charge is -2.33. The molecule has 120 valence electrons. The fraction of sp³-hybridized carbons (Fsp3) is 0.625. The number of aliphatic hydroxyl groups is 1. The van der Waals surface area contributed by atoms with Gasteiger partial charge in [0.15, 0.2) is 0 Å². The van der Waals surface area contributed by atoms with Crippen molar-refractivity contribution in [1.82, 2.24) is 14.8 Å². The first kappa shape index (κ1) is 15.2. The third kappa shape index (κ3) is 2.94. The number of anilines is 1. The number of pyridine rings is 1. The number of rotatable bonds is 3. The summed E-state index contributed by atoms with van der Waals surface area (Å²) in [6.45, 7) is 3.05. The van der Waals surface area contributed by atoms with Crippen molar-refractivity contribution in [3.05, 3.63) is 23.9 Å². The standard InChI is InChI=1S/C16H24N4O2/c1-17-15-12(6-5-7-18-15)16(22)20-10-13(14(21)11-20)19-8-3-2-4-9-19/h5-7,13-14,21H,2-4,8-11H2,1H3,(H,17,18). The molecule has 0 aliphatic carbocycles. The Morgan fingerprint density at radius 2 is 2.09 bits per heavy atom. The van der Waals surface area contributed by atoms with Crippen molar-refractivity contribution in [3.63, 3.8) is 0 Å². The lowest BCUT2D eigenvalue weighted by molar-refractivity contribution is 0.0703. The van der Waals surface area contributed by atoms with Crippen LogP contribution >= 0.6 is 0 Å². The molecule has 2 fully saturated rings. The Labute approximate surface area is 131 Å². The molecule has 1 aromatic rings. The van der Waals surface area contributed by atoms with E-state index in [-0.39, 0.29) is 11.9 Å². The Kier molecular flexibility index (Phi) is 4.59. The van der Waals surface area contributed by atoms with Gasteiger partial charge in [0.25, 0.3) is 5.91 Å². The summed E-state index contributed by atoms with van der Waals surface area (Å²) in [5, 5.41) is 13.3. The number of β-amino-alcohol motifs (C(OH)–C–C–N with tert-alkyl or cyclic N) is 1. The number of nitrogens with zero attached hydrogens (tertiary/aromatic N) is 3. The Bertz CT molecular complexity index is 531. The molecule has 1 aromatic heterocycles. The van der Waals surface area contributed by atoms with E-state index >= 15 is 0 Å². The topological polar surface area (TPSA) is 68.7 Å². The van der Waals surface area contributed by atoms with Crippen LogP contribution in [0.5, 0.6) is 0 Å². The second-order valence-corrected chi connectivity index (χ2v) is 6.09. The number of carbonyl (C=O) groups is 1. The van der Waals surface area contributed by atoms with E-state index < -0.39 is 6.10 Å². The minimum Gasteiger partial charge on any atom is -0.390 e. The number of amides is 1. The van der Waals surface area contributed by atoms with Gasteiger partial charge in [0.05, 0.1) is 17.7 Å². The first-order valence-electron chi connectivity index (χ1n) is 8.05. The van der Waals surface area contributed by atoms with Gasteiger partial charge in [-0.05, 0) is 38.1 Å². The smallest absolute Gasteiger partial charge is 0.257 e. The van der Waals surface area contributed by atoms with Crippen molar-refractivity contribution in [2.75, 3.05) is 38.5 Å². The molecule has 6 heteroatoms. The molecule has 2 aliphatic rings. The Balaban J connectivity index is 1.72. The molecule has 2 saturated heterocycles. The number of carbonyl (C=O) groups excluding carboxylic acids is 1. The van der Waals surface area contributed by atoms with E-state index in [0.29, 0.717) is 24.5 Å². The first-order chi connectivity index (χ1) is 10.7. The lowest BCUT2D eigenvalue weighted by Crippen LogP contribution is -2.46. The number of nitrogens with one attached hydrogen (secondary N) is 1. The van der Waals surface area contributed by atoms with E-state index in [0.717, 1.165) is 13.1 Å². The average molecular weight is 304 g/mol. The Morgan fingerprint density at radius 3 is 2.82 bits per heavy atom. The van der Waals surface area contributed by atoms with Crippen LogP contribution in [-0.4, -0.2) is 71.2 Å². The van der Waals surface area contributed by atoms with Gasteiger partial charge in [0, 0.05) is 26.3 Å². The SMILES string of the molecule is CNc1ncccc1C(=O)N1CC(O)C(N2CCCCC2)C1. The van der Waals surface area contributed by atoms with E-state index in [1.54, 1.807) is 30.3 Å². The predicted molar refractivity (Wildman–Crippen MR) is 84.9 cm³/mol. The molecular weight excluding hydrogens is 280 g/mol. The maximum atomic E-state index is 12.7. The van der Waals surface area contributed by atoms with Gasteiger partial charge in [-0.1, -0.05) is 6.42 Å². The second kappa shape index (κ2) is 6.62. The van der Waals surface area contributed by atoms with Crippen LogP contribution in [0.1, 0.15) is 29.6 Å². The highest BCUT2D eigenvalue weighted by atomic mass is 16.3. The highest BCUT2D eigenvalue weighted by Crippen LogP contribution is 2.23. The maximum absolute atomic E-state index is 12.7. The van der Waals surface area contributed by atoms with Gasteiger partial charge in [-0.15, -0.1) is 0 Å². The molecule has 3 rings (SSSR count). The summed E-state index contributed by atoms with van der Waals surface area (Å²) < 4.78 is 0. The van der Waals surface area contributed by atoms with Crippen molar-refractivity contribution in [2.45, 2.75) is 31.4 Å². The third-order valence-electron chi connectivity index (χ3n) is 4.68. The highest BCUT2D eigenvalue weighted by molar-refractivity contribution is 5.98. The van der Waals surface area contributed by atoms with Gasteiger partial charge >= 0.3 is 0 Å². The predicted octanol–water partition coefficient (Wildman–Crippen LogP) is 0.794. The van der Waals surface area contributed by atoms with Crippen LogP contribution in [0.4, 0.5) is 5.82 Å². The molecule has 2 N–H and O–H groups in total. The number of hydrogen-bond donors (Lipinski definition) is 2. The van der Waals surface area contributed by atoms with E-state index in [1.165, 1.54) is 19.3 Å². The summed E-state index contributed by atoms with van der Waals surface area (Å²) in [7, 11) is 1.76. The van der Waals surface area contributed by atoms with Gasteiger partial charge in [-0.25, -0.2) is 4.98 Å². The molecule has 2 unspecified atom stereocenters. The van der Waals surface area contributed by atoms with Crippen LogP contribution in [0.3, 0.4) is 0 Å². The van der Waals surface area contributed by atoms with E-state index in [1.807, 2.05) is 0 Å². The molecule has 0 aromatic carbocycles. The van der Waals surface area contributed by atoms with Crippen LogP contribution in [0.2, 0.25) is 0 Å². The van der Waals surface area contributed by atoms with Crippen molar-refractivity contribution in [3.8, 4) is 0 Å². The lowest BCUT2D eigenvalue weighted by atomic mass is 10.1. The molecule has 3 heterocycles. The monoisotopic (exact) mass is 304 g/mol. The van der Waals surface area contributed by atoms with E-state index in [2.05, 4.69) is 15.2 Å². The number of piperidine rings is 1. The fourth-order valence-corrected chi connectivity index (χ4v) is 3.49. The van der Waals surface area contributed by atoms with Crippen LogP contribution < -0.4 is 5.32 Å². The first-order valence-corrected chi connectivity index (χ1v) is 8.05. The number of aliphatic hydroxyl groups excluding tert-OH is 1. The molecule has 1 amide bonds. The molecule has 0 spiro atoms. The summed E-state index contributed by atoms with van der Waals surface area (Å²) >= 11 is 0. The van der Waals surface area contributed by atoms with Crippen molar-refractivity contribution >= 4 is 11.7 Å². The molecular formula is C16H24N4O2. The van der Waals surface area contributed by atoms with Crippen LogP contribution in [0.25, 0.3) is 0 Å². The molecule has 0 saturated carbocycles. The highest BCUT2D eigenvalue weighted by Gasteiger charge is 2.38. The van der Waals surface area contributed by atoms with E-state index in [9.17, 15) is 9.90 Å². The largest absolute Gasteiger partial charge is 0.390 e. The Morgan fingerprint density at radius 1 is 1.32 bits per heavy atom. The number of hydrogen-bond acceptors (Lipinski definition) is 5. The van der Waals surface area contributed by atoms with Crippen molar-refractivity contribution in [2.24, 2.45) is 0 Å². The van der Waals surface area contributed by atoms with Gasteiger partial charge in [-0.3, -0.25) is 9.69 Å². The van der Waals surface area contributed by atoms with Gasteiger partial charge in [0.1, 0.15) is 5.82 Å². The fourth-order valence-electron chi connectivity index (χ4n) is 3.49. The zero-order valence-electron chi connectivity index (χ0n) is 13.0. The molecule has 6 nitrogen and oxygen atoms in total. The summed E-state index contributed by atoms with van der Waals surface area (Å²) in [6, 6.07) is 3.61. The zero-order chi connectivity index (χ0) is 15.5. The third-order valence-corrected chi connectivity index (χ3v) is 4.68. The molecule has 0 bridgehead atoms. The van der Waals surface area contributed by atoms with E-state index in [4.69, 9.17) is 0 Å².